The number of nitrogens with two attached hydrogens (primary N) is 1. The first kappa shape index (κ1) is 9.24. The van der Waals surface area contributed by atoms with Gasteiger partial charge >= 0.3 is 5.97 Å². The van der Waals surface area contributed by atoms with Gasteiger partial charge in [0.15, 0.2) is 5.82 Å². The van der Waals surface area contributed by atoms with Crippen molar-refractivity contribution in [1.29, 1.82) is 0 Å². The molecule has 0 atom stereocenters. The molecule has 1 aromatic heterocycles. The predicted octanol–water partition coefficient (Wildman–Crippen LogP) is 0.295. The Morgan fingerprint density at radius 1 is 1.77 bits per heavy atom. The third kappa shape index (κ3) is 1.66. The van der Waals surface area contributed by atoms with Crippen LogP contribution in [0.3, 0.4) is 0 Å². The average molecular weight is 186 g/mol. The molecular formula is C7H7FN2O3. The van der Waals surface area contributed by atoms with Crippen molar-refractivity contribution in [2.24, 2.45) is 0 Å². The SMILES string of the molecule is COC(=O)c1cc(F)c(O)nc1N. The maximum absolute atomic E-state index is 12.7. The van der Waals surface area contributed by atoms with Crippen molar-refractivity contribution in [2.45, 2.75) is 0 Å². The molecule has 1 heterocycles. The van der Waals surface area contributed by atoms with Crippen LogP contribution in [-0.4, -0.2) is 23.2 Å². The minimum Gasteiger partial charge on any atom is -0.491 e. The van der Waals surface area contributed by atoms with E-state index in [1.807, 2.05) is 0 Å². The summed E-state index contributed by atoms with van der Waals surface area (Å²) in [6, 6.07) is 0.767. The molecule has 0 amide bonds. The van der Waals surface area contributed by atoms with E-state index in [9.17, 15) is 9.18 Å². The van der Waals surface area contributed by atoms with Gasteiger partial charge in [-0.15, -0.1) is 0 Å². The summed E-state index contributed by atoms with van der Waals surface area (Å²) in [5.74, 6) is -2.94. The maximum Gasteiger partial charge on any atom is 0.341 e. The number of ether oxygens (including phenoxy) is 1. The molecule has 0 unspecified atom stereocenters. The largest absolute Gasteiger partial charge is 0.491 e. The van der Waals surface area contributed by atoms with E-state index >= 15 is 0 Å². The number of pyridine rings is 1. The number of esters is 1. The number of hydrogen-bond acceptors (Lipinski definition) is 5. The van der Waals surface area contributed by atoms with E-state index in [4.69, 9.17) is 10.8 Å². The molecule has 0 saturated heterocycles. The molecule has 0 radical (unpaired) electrons. The van der Waals surface area contributed by atoms with Crippen molar-refractivity contribution in [3.8, 4) is 5.88 Å². The van der Waals surface area contributed by atoms with Gasteiger partial charge in [-0.25, -0.2) is 9.18 Å². The summed E-state index contributed by atoms with van der Waals surface area (Å²) in [5, 5.41) is 8.76. The highest BCUT2D eigenvalue weighted by Gasteiger charge is 2.15. The second-order valence-electron chi connectivity index (χ2n) is 2.22. The summed E-state index contributed by atoms with van der Waals surface area (Å²) in [4.78, 5) is 14.1. The van der Waals surface area contributed by atoms with E-state index in [-0.39, 0.29) is 11.4 Å². The first-order chi connectivity index (χ1) is 6.06. The summed E-state index contributed by atoms with van der Waals surface area (Å²) < 4.78 is 17.0. The Balaban J connectivity index is 3.23. The molecule has 0 aromatic carbocycles. The fourth-order valence-corrected chi connectivity index (χ4v) is 0.766. The van der Waals surface area contributed by atoms with Crippen molar-refractivity contribution < 1.29 is 19.0 Å². The standard InChI is InChI=1S/C7H7FN2O3/c1-13-7(12)3-2-4(8)6(11)10-5(3)9/h2H,1H3,(H3,9,10,11). The zero-order valence-electron chi connectivity index (χ0n) is 6.74. The van der Waals surface area contributed by atoms with Gasteiger partial charge in [0.1, 0.15) is 11.4 Å². The number of rotatable bonds is 1. The Kier molecular flexibility index (Phi) is 2.32. The summed E-state index contributed by atoms with van der Waals surface area (Å²) in [6.45, 7) is 0. The molecule has 0 fully saturated rings. The van der Waals surface area contributed by atoms with Crippen LogP contribution in [0.1, 0.15) is 10.4 Å². The van der Waals surface area contributed by atoms with Gasteiger partial charge in [-0.2, -0.15) is 4.98 Å². The molecule has 0 bridgehead atoms. The van der Waals surface area contributed by atoms with Gasteiger partial charge in [0.2, 0.25) is 5.88 Å². The van der Waals surface area contributed by atoms with E-state index in [1.54, 1.807) is 0 Å². The average Bonchev–Trinajstić information content (AvgIpc) is 2.10. The van der Waals surface area contributed by atoms with Crippen LogP contribution in [0.4, 0.5) is 10.2 Å². The Hall–Kier alpha value is -1.85. The van der Waals surface area contributed by atoms with E-state index in [0.717, 1.165) is 13.2 Å². The van der Waals surface area contributed by atoms with Gasteiger partial charge < -0.3 is 15.6 Å². The number of aromatic hydroxyl groups is 1. The normalized spacial score (nSPS) is 9.69. The van der Waals surface area contributed by atoms with Gasteiger partial charge in [0, 0.05) is 0 Å². The van der Waals surface area contributed by atoms with Crippen LogP contribution in [0, 0.1) is 5.82 Å². The lowest BCUT2D eigenvalue weighted by molar-refractivity contribution is 0.0601. The van der Waals surface area contributed by atoms with Crippen LogP contribution in [-0.2, 0) is 4.74 Å². The van der Waals surface area contributed by atoms with Crippen molar-refractivity contribution >= 4 is 11.8 Å². The van der Waals surface area contributed by atoms with Gasteiger partial charge in [0.05, 0.1) is 7.11 Å². The minimum atomic E-state index is -1.02. The fraction of sp³-hybridized carbons (Fsp3) is 0.143. The van der Waals surface area contributed by atoms with E-state index in [1.165, 1.54) is 0 Å². The van der Waals surface area contributed by atoms with Crippen molar-refractivity contribution in [1.82, 2.24) is 4.98 Å². The lowest BCUT2D eigenvalue weighted by Crippen LogP contribution is -2.08. The minimum absolute atomic E-state index is 0.210. The number of anilines is 1. The Morgan fingerprint density at radius 3 is 2.92 bits per heavy atom. The third-order valence-electron chi connectivity index (χ3n) is 1.39. The zero-order chi connectivity index (χ0) is 10.0. The molecule has 1 aromatic rings. The summed E-state index contributed by atoms with van der Waals surface area (Å²) >= 11 is 0. The number of hydrogen-bond donors (Lipinski definition) is 2. The molecule has 0 aliphatic carbocycles. The Bertz CT molecular complexity index is 354. The first-order valence-corrected chi connectivity index (χ1v) is 3.29. The third-order valence-corrected chi connectivity index (χ3v) is 1.39. The topological polar surface area (TPSA) is 85.4 Å². The van der Waals surface area contributed by atoms with E-state index in [2.05, 4.69) is 9.72 Å². The smallest absolute Gasteiger partial charge is 0.341 e. The second-order valence-corrected chi connectivity index (χ2v) is 2.22. The maximum atomic E-state index is 12.7. The number of carbonyl (C=O) groups is 1. The summed E-state index contributed by atoms with van der Waals surface area (Å²) in [5.41, 5.74) is 5.02. The number of aromatic nitrogens is 1. The van der Waals surface area contributed by atoms with Crippen LogP contribution in [0.2, 0.25) is 0 Å². The van der Waals surface area contributed by atoms with E-state index in [0.29, 0.717) is 0 Å². The molecule has 6 heteroatoms. The Morgan fingerprint density at radius 2 is 2.38 bits per heavy atom. The molecule has 0 spiro atoms. The van der Waals surface area contributed by atoms with Gasteiger partial charge in [-0.05, 0) is 6.07 Å². The van der Waals surface area contributed by atoms with Crippen molar-refractivity contribution in [3.63, 3.8) is 0 Å². The molecule has 0 aliphatic heterocycles. The molecule has 0 saturated carbocycles. The number of carbonyl (C=O) groups excluding carboxylic acids is 1. The first-order valence-electron chi connectivity index (χ1n) is 3.29. The molecular weight excluding hydrogens is 179 g/mol. The van der Waals surface area contributed by atoms with Crippen molar-refractivity contribution in [3.05, 3.63) is 17.4 Å². The fourth-order valence-electron chi connectivity index (χ4n) is 0.766. The molecule has 13 heavy (non-hydrogen) atoms. The number of methoxy groups -OCH3 is 1. The molecule has 3 N–H and O–H groups in total. The highest BCUT2D eigenvalue weighted by Crippen LogP contribution is 2.18. The molecule has 1 rings (SSSR count). The Labute approximate surface area is 73.0 Å². The number of nitrogens with zero attached hydrogens (tertiary/aromatic N) is 1. The van der Waals surface area contributed by atoms with Crippen LogP contribution < -0.4 is 5.73 Å². The lowest BCUT2D eigenvalue weighted by Gasteiger charge is -2.03. The van der Waals surface area contributed by atoms with Gasteiger partial charge in [0.25, 0.3) is 0 Å². The predicted molar refractivity (Wildman–Crippen MR) is 41.6 cm³/mol. The van der Waals surface area contributed by atoms with Crippen molar-refractivity contribution in [2.75, 3.05) is 12.8 Å². The highest BCUT2D eigenvalue weighted by atomic mass is 19.1. The molecule has 0 aliphatic rings. The van der Waals surface area contributed by atoms with Gasteiger partial charge in [-0.3, -0.25) is 0 Å². The van der Waals surface area contributed by atoms with E-state index < -0.39 is 17.7 Å². The quantitative estimate of drug-likeness (QED) is 0.616. The van der Waals surface area contributed by atoms with Gasteiger partial charge in [-0.1, -0.05) is 0 Å². The monoisotopic (exact) mass is 186 g/mol. The zero-order valence-corrected chi connectivity index (χ0v) is 6.74. The molecule has 70 valence electrons. The molecule has 5 nitrogen and oxygen atoms in total. The summed E-state index contributed by atoms with van der Waals surface area (Å²) in [6.07, 6.45) is 0. The lowest BCUT2D eigenvalue weighted by atomic mass is 10.2. The van der Waals surface area contributed by atoms with Crippen LogP contribution in [0.25, 0.3) is 0 Å². The summed E-state index contributed by atoms with van der Waals surface area (Å²) in [7, 11) is 1.13. The number of nitrogen functional groups attached to an aromatic ring is 1. The van der Waals surface area contributed by atoms with Crippen LogP contribution in [0.5, 0.6) is 5.88 Å². The number of halogens is 1. The highest BCUT2D eigenvalue weighted by molar-refractivity contribution is 5.94. The van der Waals surface area contributed by atoms with Crippen LogP contribution in [0.15, 0.2) is 6.07 Å². The van der Waals surface area contributed by atoms with Crippen LogP contribution >= 0.6 is 0 Å². The second kappa shape index (κ2) is 3.26.